The Bertz CT molecular complexity index is 558. The summed E-state index contributed by atoms with van der Waals surface area (Å²) in [7, 11) is 0. The normalized spacial score (nSPS) is 12.6. The summed E-state index contributed by atoms with van der Waals surface area (Å²) >= 11 is 0. The smallest absolute Gasteiger partial charge is 0.200 e. The van der Waals surface area contributed by atoms with E-state index in [1.807, 2.05) is 72.5 Å². The van der Waals surface area contributed by atoms with E-state index in [0.29, 0.717) is 12.2 Å². The number of anilines is 2. The number of hydrogen-bond acceptors (Lipinski definition) is 1. The van der Waals surface area contributed by atoms with Crippen molar-refractivity contribution in [2.45, 2.75) is 6.92 Å². The lowest BCUT2D eigenvalue weighted by Crippen LogP contribution is -2.35. The van der Waals surface area contributed by atoms with Crippen LogP contribution in [0, 0.1) is 5.40 Å². The third kappa shape index (κ3) is 2.88. The molecule has 0 aliphatic carbocycles. The summed E-state index contributed by atoms with van der Waals surface area (Å²) in [6.45, 7) is 2.60. The SMILES string of the molecule is [2H]N=C(N([2H])c1ccccc1)N(CC)c1ccccc1. The van der Waals surface area contributed by atoms with Gasteiger partial charge in [-0.25, -0.2) is 0 Å². The van der Waals surface area contributed by atoms with Crippen LogP contribution in [-0.2, 0) is 0 Å². The number of para-hydroxylation sites is 2. The molecule has 2 aromatic rings. The Kier molecular flexibility index (Phi) is 3.16. The molecule has 0 heterocycles. The molecule has 2 N–H and O–H groups in total. The molecule has 0 radical (unpaired) electrons. The molecule has 0 unspecified atom stereocenters. The molecule has 0 atom stereocenters. The molecule has 0 bridgehead atoms. The lowest BCUT2D eigenvalue weighted by atomic mass is 10.3. The second-order valence-corrected chi connectivity index (χ2v) is 3.83. The molecule has 18 heavy (non-hydrogen) atoms. The van der Waals surface area contributed by atoms with Gasteiger partial charge in [0, 0.05) is 17.9 Å². The summed E-state index contributed by atoms with van der Waals surface area (Å²) in [5.74, 6) is 0.268. The van der Waals surface area contributed by atoms with Crippen molar-refractivity contribution in [2.75, 3.05) is 16.8 Å². The highest BCUT2D eigenvalue weighted by Gasteiger charge is 2.09. The van der Waals surface area contributed by atoms with Gasteiger partial charge in [-0.2, -0.15) is 0 Å². The monoisotopic (exact) mass is 241 g/mol. The van der Waals surface area contributed by atoms with Gasteiger partial charge in [0.1, 0.15) is 0 Å². The fourth-order valence-electron chi connectivity index (χ4n) is 1.73. The molecule has 0 amide bonds. The fraction of sp³-hybridized carbons (Fsp3) is 0.133. The third-order valence-corrected chi connectivity index (χ3v) is 2.61. The molecular formula is C15H17N3. The van der Waals surface area contributed by atoms with Crippen molar-refractivity contribution in [3.8, 4) is 0 Å². The summed E-state index contributed by atoms with van der Waals surface area (Å²) in [5.41, 5.74) is 1.59. The van der Waals surface area contributed by atoms with Crippen LogP contribution in [0.15, 0.2) is 60.7 Å². The van der Waals surface area contributed by atoms with Crippen LogP contribution in [0.3, 0.4) is 0 Å². The molecule has 0 aliphatic heterocycles. The number of nitrogens with zero attached hydrogens (tertiary/aromatic N) is 1. The van der Waals surface area contributed by atoms with Crippen molar-refractivity contribution in [3.63, 3.8) is 0 Å². The van der Waals surface area contributed by atoms with Gasteiger partial charge in [-0.05, 0) is 31.2 Å². The Balaban J connectivity index is 2.32. The quantitative estimate of drug-likeness (QED) is 0.637. The van der Waals surface area contributed by atoms with Gasteiger partial charge in [0.15, 0.2) is 8.78 Å². The van der Waals surface area contributed by atoms with Gasteiger partial charge in [0.05, 0.1) is 0 Å². The molecule has 0 aromatic heterocycles. The second-order valence-electron chi connectivity index (χ2n) is 3.83. The van der Waals surface area contributed by atoms with Crippen LogP contribution >= 0.6 is 0 Å². The average molecular weight is 241 g/mol. The zero-order valence-corrected chi connectivity index (χ0v) is 10.3. The van der Waals surface area contributed by atoms with Crippen LogP contribution in [0.1, 0.15) is 6.92 Å². The lowest BCUT2D eigenvalue weighted by molar-refractivity contribution is 1.04. The zero-order valence-electron chi connectivity index (χ0n) is 12.3. The maximum atomic E-state index is 8.19. The van der Waals surface area contributed by atoms with Gasteiger partial charge in [-0.15, -0.1) is 0 Å². The van der Waals surface area contributed by atoms with Gasteiger partial charge < -0.3 is 10.2 Å². The number of hydrogen-bond donors (Lipinski definition) is 2. The van der Waals surface area contributed by atoms with Crippen LogP contribution < -0.4 is 10.2 Å². The Morgan fingerprint density at radius 3 is 2.33 bits per heavy atom. The predicted octanol–water partition coefficient (Wildman–Crippen LogP) is 3.56. The first-order chi connectivity index (χ1) is 9.77. The summed E-state index contributed by atoms with van der Waals surface area (Å²) in [6, 6.07) is 18.9. The van der Waals surface area contributed by atoms with E-state index in [4.69, 9.17) is 2.82 Å². The van der Waals surface area contributed by atoms with Crippen molar-refractivity contribution in [1.29, 1.82) is 5.40 Å². The fourth-order valence-corrected chi connectivity index (χ4v) is 1.73. The summed E-state index contributed by atoms with van der Waals surface area (Å²) in [6.07, 6.45) is 0. The maximum absolute atomic E-state index is 8.19. The molecule has 3 nitrogen and oxygen atoms in total. The average Bonchev–Trinajstić information content (AvgIpc) is 2.53. The minimum Gasteiger partial charge on any atom is -0.326 e. The Morgan fingerprint density at radius 2 is 1.78 bits per heavy atom. The Labute approximate surface area is 111 Å². The summed E-state index contributed by atoms with van der Waals surface area (Å²) < 4.78 is 15.6. The van der Waals surface area contributed by atoms with E-state index in [0.717, 1.165) is 5.69 Å². The number of guanidine groups is 1. The molecule has 3 heteroatoms. The van der Waals surface area contributed by atoms with E-state index in [1.165, 1.54) is 5.31 Å². The van der Waals surface area contributed by atoms with E-state index in [-0.39, 0.29) is 5.96 Å². The van der Waals surface area contributed by atoms with Crippen molar-refractivity contribution in [1.82, 2.24) is 0 Å². The first-order valence-electron chi connectivity index (χ1n) is 6.86. The highest BCUT2D eigenvalue weighted by Crippen LogP contribution is 2.14. The molecule has 0 spiro atoms. The van der Waals surface area contributed by atoms with Gasteiger partial charge in [0.25, 0.3) is 0 Å². The molecule has 2 aromatic carbocycles. The van der Waals surface area contributed by atoms with E-state index in [9.17, 15) is 0 Å². The molecule has 0 saturated heterocycles. The maximum Gasteiger partial charge on any atom is 0.200 e. The third-order valence-electron chi connectivity index (χ3n) is 2.61. The van der Waals surface area contributed by atoms with Crippen molar-refractivity contribution in [2.24, 2.45) is 0 Å². The van der Waals surface area contributed by atoms with Crippen molar-refractivity contribution >= 4 is 17.3 Å². The van der Waals surface area contributed by atoms with Crippen LogP contribution in [0.2, 0.25) is 2.82 Å². The van der Waals surface area contributed by atoms with Gasteiger partial charge in [0.2, 0.25) is 0 Å². The van der Waals surface area contributed by atoms with Gasteiger partial charge >= 0.3 is 0 Å². The van der Waals surface area contributed by atoms with Crippen LogP contribution in [-0.4, -0.2) is 12.5 Å². The number of benzene rings is 2. The van der Waals surface area contributed by atoms with Crippen LogP contribution in [0.25, 0.3) is 0 Å². The van der Waals surface area contributed by atoms with E-state index in [1.54, 1.807) is 0 Å². The largest absolute Gasteiger partial charge is 0.326 e. The second kappa shape index (κ2) is 5.87. The topological polar surface area (TPSA) is 39.1 Å². The minimum absolute atomic E-state index is 0.268. The minimum atomic E-state index is 0.268. The van der Waals surface area contributed by atoms with Crippen molar-refractivity contribution < 1.29 is 2.82 Å². The molecule has 92 valence electrons. The molecule has 0 aliphatic rings. The number of rotatable bonds is 3. The molecule has 2 rings (SSSR count). The lowest BCUT2D eigenvalue weighted by Gasteiger charge is -2.24. The standard InChI is InChI=1S/C15H17N3/c1-2-18(14-11-7-4-8-12-14)15(16)17-13-9-5-3-6-10-13/h3-12H,2H2,1H3,(H2,16,17)/i/hD2. The van der Waals surface area contributed by atoms with Crippen LogP contribution in [0.5, 0.6) is 0 Å². The summed E-state index contributed by atoms with van der Waals surface area (Å²) in [4.78, 5) is 1.83. The highest BCUT2D eigenvalue weighted by molar-refractivity contribution is 6.03. The predicted molar refractivity (Wildman–Crippen MR) is 77.3 cm³/mol. The van der Waals surface area contributed by atoms with Gasteiger partial charge in [-0.1, -0.05) is 36.4 Å². The van der Waals surface area contributed by atoms with E-state index in [2.05, 4.69) is 5.40 Å². The molecular weight excluding hydrogens is 222 g/mol. The number of nitrogens with one attached hydrogen (secondary N) is 2. The van der Waals surface area contributed by atoms with Crippen molar-refractivity contribution in [3.05, 3.63) is 60.7 Å². The zero-order chi connectivity index (χ0) is 14.4. The highest BCUT2D eigenvalue weighted by atomic mass is 15.3. The van der Waals surface area contributed by atoms with Gasteiger partial charge in [-0.3, -0.25) is 5.40 Å². The first-order valence-corrected chi connectivity index (χ1v) is 5.96. The van der Waals surface area contributed by atoms with E-state index >= 15 is 0 Å². The summed E-state index contributed by atoms with van der Waals surface area (Å²) in [5, 5.41) is 4.71. The molecule has 0 fully saturated rings. The van der Waals surface area contributed by atoms with Crippen LogP contribution in [0.4, 0.5) is 11.4 Å². The molecule has 0 saturated carbocycles. The Hall–Kier alpha value is -2.29. The first kappa shape index (κ1) is 9.71. The van der Waals surface area contributed by atoms with E-state index < -0.39 is 0 Å². The Morgan fingerprint density at radius 1 is 1.17 bits per heavy atom.